The molecule has 0 heterocycles. The van der Waals surface area contributed by atoms with Crippen LogP contribution >= 0.6 is 12.0 Å². The third-order valence-electron chi connectivity index (χ3n) is 0.550. The summed E-state index contributed by atoms with van der Waals surface area (Å²) in [5, 5.41) is 0. The van der Waals surface area contributed by atoms with Gasteiger partial charge in [-0.1, -0.05) is 0 Å². The second-order valence-electron chi connectivity index (χ2n) is 1.13. The van der Waals surface area contributed by atoms with Gasteiger partial charge in [-0.25, -0.2) is 0 Å². The van der Waals surface area contributed by atoms with Crippen LogP contribution in [0.3, 0.4) is 0 Å². The fourth-order valence-electron chi connectivity index (χ4n) is 0.226. The molecular formula is C4H11NOS. The van der Waals surface area contributed by atoms with E-state index in [1.54, 1.807) is 7.11 Å². The first-order valence-corrected chi connectivity index (χ1v) is 3.18. The standard InChI is InChI=1S/C4H11NOS/c1-6-7-4-2-3-5/h2-5H2,1H3. The van der Waals surface area contributed by atoms with Crippen LogP contribution in [0.1, 0.15) is 6.42 Å². The van der Waals surface area contributed by atoms with E-state index < -0.39 is 0 Å². The lowest BCUT2D eigenvalue weighted by molar-refractivity contribution is 0.489. The van der Waals surface area contributed by atoms with Gasteiger partial charge in [-0.2, -0.15) is 0 Å². The lowest BCUT2D eigenvalue weighted by Crippen LogP contribution is -1.99. The maximum atomic E-state index is 5.20. The van der Waals surface area contributed by atoms with Crippen LogP contribution in [0.25, 0.3) is 0 Å². The molecule has 0 radical (unpaired) electrons. The molecule has 0 rings (SSSR count). The fraction of sp³-hybridized carbons (Fsp3) is 1.00. The SMILES string of the molecule is COSCCCN. The Labute approximate surface area is 48.6 Å². The van der Waals surface area contributed by atoms with E-state index in [1.807, 2.05) is 0 Å². The van der Waals surface area contributed by atoms with Gasteiger partial charge < -0.3 is 9.92 Å². The zero-order valence-electron chi connectivity index (χ0n) is 4.52. The van der Waals surface area contributed by atoms with Crippen LogP contribution in [0, 0.1) is 0 Å². The first-order valence-electron chi connectivity index (χ1n) is 2.27. The molecule has 0 unspecified atom stereocenters. The summed E-state index contributed by atoms with van der Waals surface area (Å²) < 4.78 is 4.70. The first kappa shape index (κ1) is 7.27. The van der Waals surface area contributed by atoms with Crippen LogP contribution in [0.4, 0.5) is 0 Å². The molecule has 0 aromatic carbocycles. The van der Waals surface area contributed by atoms with Gasteiger partial charge in [0.25, 0.3) is 0 Å². The molecule has 0 aliphatic rings. The maximum absolute atomic E-state index is 5.20. The highest BCUT2D eigenvalue weighted by Crippen LogP contribution is 1.98. The van der Waals surface area contributed by atoms with E-state index in [4.69, 9.17) is 9.92 Å². The molecule has 0 fully saturated rings. The van der Waals surface area contributed by atoms with Gasteiger partial charge in [0, 0.05) is 5.75 Å². The van der Waals surface area contributed by atoms with E-state index in [-0.39, 0.29) is 0 Å². The van der Waals surface area contributed by atoms with Gasteiger partial charge in [0.05, 0.1) is 7.11 Å². The van der Waals surface area contributed by atoms with Gasteiger partial charge in [-0.3, -0.25) is 0 Å². The predicted molar refractivity (Wildman–Crippen MR) is 33.1 cm³/mol. The van der Waals surface area contributed by atoms with Crippen molar-refractivity contribution in [3.8, 4) is 0 Å². The molecule has 0 aliphatic carbocycles. The monoisotopic (exact) mass is 121 g/mol. The minimum absolute atomic E-state index is 0.760. The zero-order valence-corrected chi connectivity index (χ0v) is 5.33. The highest BCUT2D eigenvalue weighted by Gasteiger charge is 1.80. The summed E-state index contributed by atoms with van der Waals surface area (Å²) in [4.78, 5) is 0. The van der Waals surface area contributed by atoms with Crippen molar-refractivity contribution in [3.63, 3.8) is 0 Å². The van der Waals surface area contributed by atoms with E-state index in [0.717, 1.165) is 18.7 Å². The molecule has 44 valence electrons. The summed E-state index contributed by atoms with van der Waals surface area (Å²) in [5.41, 5.74) is 5.20. The number of rotatable bonds is 4. The molecule has 0 atom stereocenters. The Bertz CT molecular complexity index is 30.9. The Balaban J connectivity index is 2.45. The van der Waals surface area contributed by atoms with Crippen LogP contribution in [0.2, 0.25) is 0 Å². The topological polar surface area (TPSA) is 35.2 Å². The van der Waals surface area contributed by atoms with E-state index in [1.165, 1.54) is 12.0 Å². The molecule has 0 amide bonds. The van der Waals surface area contributed by atoms with Crippen LogP contribution in [0.5, 0.6) is 0 Å². The van der Waals surface area contributed by atoms with Crippen molar-refractivity contribution in [2.24, 2.45) is 5.73 Å². The molecule has 7 heavy (non-hydrogen) atoms. The zero-order chi connectivity index (χ0) is 5.54. The lowest BCUT2D eigenvalue weighted by Gasteiger charge is -1.91. The lowest BCUT2D eigenvalue weighted by atomic mass is 10.5. The minimum Gasteiger partial charge on any atom is -0.330 e. The molecular weight excluding hydrogens is 110 g/mol. The van der Waals surface area contributed by atoms with Gasteiger partial charge in [-0.15, -0.1) is 0 Å². The highest BCUT2D eigenvalue weighted by atomic mass is 32.2. The second kappa shape index (κ2) is 6.27. The first-order chi connectivity index (χ1) is 3.41. The van der Waals surface area contributed by atoms with Gasteiger partial charge in [0.2, 0.25) is 0 Å². The third-order valence-corrected chi connectivity index (χ3v) is 1.24. The predicted octanol–water partition coefficient (Wildman–Crippen LogP) is 0.630. The average molecular weight is 121 g/mol. The quantitative estimate of drug-likeness (QED) is 0.437. The largest absolute Gasteiger partial charge is 0.330 e. The van der Waals surface area contributed by atoms with Crippen molar-refractivity contribution in [2.45, 2.75) is 6.42 Å². The molecule has 0 aromatic heterocycles. The van der Waals surface area contributed by atoms with Crippen molar-refractivity contribution in [3.05, 3.63) is 0 Å². The Kier molecular flexibility index (Phi) is 6.51. The number of hydrogen-bond acceptors (Lipinski definition) is 3. The molecule has 0 spiro atoms. The normalized spacial score (nSPS) is 9.43. The Morgan fingerprint density at radius 2 is 2.43 bits per heavy atom. The van der Waals surface area contributed by atoms with Crippen molar-refractivity contribution < 1.29 is 4.18 Å². The molecule has 0 aliphatic heterocycles. The van der Waals surface area contributed by atoms with E-state index >= 15 is 0 Å². The smallest absolute Gasteiger partial charge is 0.0503 e. The summed E-state index contributed by atoms with van der Waals surface area (Å²) in [6.07, 6.45) is 1.04. The van der Waals surface area contributed by atoms with Crippen LogP contribution < -0.4 is 5.73 Å². The molecule has 0 saturated carbocycles. The Morgan fingerprint density at radius 1 is 1.71 bits per heavy atom. The summed E-state index contributed by atoms with van der Waals surface area (Å²) in [7, 11) is 1.67. The molecule has 0 bridgehead atoms. The van der Waals surface area contributed by atoms with Crippen molar-refractivity contribution >= 4 is 12.0 Å². The molecule has 0 saturated heterocycles. The van der Waals surface area contributed by atoms with E-state index in [9.17, 15) is 0 Å². The second-order valence-corrected chi connectivity index (χ2v) is 2.11. The molecule has 2 N–H and O–H groups in total. The third kappa shape index (κ3) is 6.27. The van der Waals surface area contributed by atoms with Crippen molar-refractivity contribution in [1.29, 1.82) is 0 Å². The van der Waals surface area contributed by atoms with Crippen LogP contribution in [0.15, 0.2) is 0 Å². The van der Waals surface area contributed by atoms with Gasteiger partial charge in [0.1, 0.15) is 0 Å². The van der Waals surface area contributed by atoms with Gasteiger partial charge >= 0.3 is 0 Å². The average Bonchev–Trinajstić information content (AvgIpc) is 1.69. The Hall–Kier alpha value is 0.270. The summed E-state index contributed by atoms with van der Waals surface area (Å²) in [5.74, 6) is 1.01. The van der Waals surface area contributed by atoms with Crippen LogP contribution in [-0.2, 0) is 4.18 Å². The minimum atomic E-state index is 0.760. The van der Waals surface area contributed by atoms with Gasteiger partial charge in [0.15, 0.2) is 0 Å². The summed E-state index contributed by atoms with van der Waals surface area (Å²) >= 11 is 1.45. The van der Waals surface area contributed by atoms with Crippen molar-refractivity contribution in [2.75, 3.05) is 19.4 Å². The molecule has 0 aromatic rings. The molecule has 2 nitrogen and oxygen atoms in total. The van der Waals surface area contributed by atoms with Crippen molar-refractivity contribution in [1.82, 2.24) is 0 Å². The highest BCUT2D eigenvalue weighted by molar-refractivity contribution is 7.94. The molecule has 3 heteroatoms. The number of nitrogens with two attached hydrogens (primary N) is 1. The van der Waals surface area contributed by atoms with Crippen LogP contribution in [-0.4, -0.2) is 19.4 Å². The fourth-order valence-corrected chi connectivity index (χ4v) is 0.677. The van der Waals surface area contributed by atoms with Gasteiger partial charge in [-0.05, 0) is 25.0 Å². The Morgan fingerprint density at radius 3 is 2.86 bits per heavy atom. The summed E-state index contributed by atoms with van der Waals surface area (Å²) in [6.45, 7) is 0.760. The van der Waals surface area contributed by atoms with E-state index in [2.05, 4.69) is 0 Å². The summed E-state index contributed by atoms with van der Waals surface area (Å²) in [6, 6.07) is 0. The van der Waals surface area contributed by atoms with E-state index in [0.29, 0.717) is 0 Å². The number of hydrogen-bond donors (Lipinski definition) is 1. The maximum Gasteiger partial charge on any atom is 0.0503 e.